The molecule has 1 aromatic heterocycles. The number of aromatic nitrogens is 1. The Morgan fingerprint density at radius 3 is 2.60 bits per heavy atom. The smallest absolute Gasteiger partial charge is 0.434 e. The molecule has 7 heteroatoms. The quantitative estimate of drug-likeness (QED) is 0.839. The Morgan fingerprint density at radius 1 is 1.40 bits per heavy atom. The summed E-state index contributed by atoms with van der Waals surface area (Å²) in [7, 11) is 0. The largest absolute Gasteiger partial charge is 0.463 e. The molecule has 0 radical (unpaired) electrons. The molecule has 1 aliphatic rings. The fourth-order valence-electron chi connectivity index (χ4n) is 2.41. The number of fused-ring (bicyclic) bond motifs is 1. The second-order valence-electron chi connectivity index (χ2n) is 4.82. The fourth-order valence-corrected chi connectivity index (χ4v) is 2.41. The Hall–Kier alpha value is -1.50. The molecule has 1 aliphatic carbocycles. The van der Waals surface area contributed by atoms with Gasteiger partial charge in [0.05, 0.1) is 12.3 Å². The average Bonchev–Trinajstić information content (AvgIpc) is 2.80. The van der Waals surface area contributed by atoms with E-state index in [9.17, 15) is 23.1 Å². The van der Waals surface area contributed by atoms with Crippen LogP contribution in [0.25, 0.3) is 0 Å². The molecule has 1 unspecified atom stereocenters. The molecule has 1 heterocycles. The fraction of sp³-hybridized carbons (Fsp3) is 0.615. The van der Waals surface area contributed by atoms with Crippen LogP contribution in [0.15, 0.2) is 6.07 Å². The third-order valence-electron chi connectivity index (χ3n) is 3.49. The zero-order chi connectivity index (χ0) is 15.0. The molecule has 4 nitrogen and oxygen atoms in total. The number of hydrogen-bond donors (Lipinski definition) is 2. The molecule has 0 spiro atoms. The number of halogens is 3. The molecule has 1 aromatic rings. The Bertz CT molecular complexity index is 486. The molecule has 20 heavy (non-hydrogen) atoms. The number of alkyl halides is 3. The van der Waals surface area contributed by atoms with Crippen molar-refractivity contribution in [2.75, 3.05) is 6.61 Å². The monoisotopic (exact) mass is 291 g/mol. The zero-order valence-corrected chi connectivity index (χ0v) is 11.0. The van der Waals surface area contributed by atoms with Crippen LogP contribution in [0.5, 0.6) is 0 Å². The third-order valence-corrected chi connectivity index (χ3v) is 3.49. The summed E-state index contributed by atoms with van der Waals surface area (Å²) in [5.74, 6) is -1.70. The van der Waals surface area contributed by atoms with Gasteiger partial charge in [0.15, 0.2) is 0 Å². The van der Waals surface area contributed by atoms with Gasteiger partial charge in [-0.2, -0.15) is 13.2 Å². The van der Waals surface area contributed by atoms with E-state index in [0.29, 0.717) is 18.5 Å². The Kier molecular flexibility index (Phi) is 3.82. The van der Waals surface area contributed by atoms with Crippen molar-refractivity contribution in [2.45, 2.75) is 44.4 Å². The summed E-state index contributed by atoms with van der Waals surface area (Å²) >= 11 is 0. The van der Waals surface area contributed by atoms with Gasteiger partial charge in [0.2, 0.25) is 0 Å². The van der Waals surface area contributed by atoms with E-state index in [2.05, 4.69) is 9.72 Å². The summed E-state index contributed by atoms with van der Waals surface area (Å²) in [4.78, 5) is 14.2. The van der Waals surface area contributed by atoms with Gasteiger partial charge in [-0.15, -0.1) is 0 Å². The lowest BCUT2D eigenvalue weighted by Gasteiger charge is -2.27. The number of carbonyl (C=O) groups excluding carboxylic acids is 1. The maximum Gasteiger partial charge on any atom is 0.434 e. The third kappa shape index (κ3) is 2.30. The first-order chi connectivity index (χ1) is 9.30. The van der Waals surface area contributed by atoms with Crippen LogP contribution >= 0.6 is 0 Å². The molecule has 2 N–H and O–H groups in total. The Balaban J connectivity index is 2.46. The number of rotatable bonds is 3. The van der Waals surface area contributed by atoms with Crippen LogP contribution in [0.3, 0.4) is 0 Å². The number of ether oxygens (including phenoxy) is 1. The first kappa shape index (κ1) is 14.9. The molecular weight excluding hydrogens is 275 g/mol. The standard InChI is InChI=1S/C13H16F3NO3/c1-2-20-11(18)12(19,13(14,15)16)10-7-8-5-3-4-6-9(8)17-10/h7,17,19H,2-6H2,1H3. The van der Waals surface area contributed by atoms with Crippen molar-refractivity contribution in [3.8, 4) is 0 Å². The van der Waals surface area contributed by atoms with Crippen LogP contribution in [-0.2, 0) is 28.0 Å². The SMILES string of the molecule is CCOC(=O)C(O)(c1cc2c([nH]1)CCCC2)C(F)(F)F. The summed E-state index contributed by atoms with van der Waals surface area (Å²) in [5.41, 5.74) is -2.83. The summed E-state index contributed by atoms with van der Waals surface area (Å²) in [5, 5.41) is 9.94. The van der Waals surface area contributed by atoms with Gasteiger partial charge >= 0.3 is 12.1 Å². The summed E-state index contributed by atoms with van der Waals surface area (Å²) in [6, 6.07) is 1.22. The molecule has 112 valence electrons. The van der Waals surface area contributed by atoms with Crippen molar-refractivity contribution in [1.29, 1.82) is 0 Å². The van der Waals surface area contributed by atoms with Crippen LogP contribution in [0.2, 0.25) is 0 Å². The molecule has 0 saturated carbocycles. The first-order valence-corrected chi connectivity index (χ1v) is 6.48. The molecule has 0 fully saturated rings. The highest BCUT2D eigenvalue weighted by molar-refractivity contribution is 5.81. The van der Waals surface area contributed by atoms with E-state index >= 15 is 0 Å². The van der Waals surface area contributed by atoms with E-state index in [1.807, 2.05) is 0 Å². The lowest BCUT2D eigenvalue weighted by atomic mass is 9.96. The van der Waals surface area contributed by atoms with Crippen LogP contribution in [0.1, 0.15) is 36.7 Å². The van der Waals surface area contributed by atoms with Crippen molar-refractivity contribution < 1.29 is 27.8 Å². The van der Waals surface area contributed by atoms with Gasteiger partial charge < -0.3 is 14.8 Å². The minimum absolute atomic E-state index is 0.238. The minimum Gasteiger partial charge on any atom is -0.463 e. The van der Waals surface area contributed by atoms with Gasteiger partial charge in [0.1, 0.15) is 0 Å². The number of H-pyrrole nitrogens is 1. The summed E-state index contributed by atoms with van der Waals surface area (Å²) in [6.45, 7) is 1.14. The van der Waals surface area contributed by atoms with Crippen molar-refractivity contribution >= 4 is 5.97 Å². The highest BCUT2D eigenvalue weighted by Crippen LogP contribution is 2.41. The van der Waals surface area contributed by atoms with Gasteiger partial charge in [-0.05, 0) is 44.2 Å². The molecule has 0 amide bonds. The van der Waals surface area contributed by atoms with Gasteiger partial charge in [0.25, 0.3) is 5.60 Å². The maximum absolute atomic E-state index is 13.2. The van der Waals surface area contributed by atoms with E-state index < -0.39 is 23.4 Å². The van der Waals surface area contributed by atoms with Crippen LogP contribution in [-0.4, -0.2) is 28.8 Å². The van der Waals surface area contributed by atoms with E-state index in [-0.39, 0.29) is 6.61 Å². The van der Waals surface area contributed by atoms with Gasteiger partial charge in [-0.3, -0.25) is 0 Å². The Morgan fingerprint density at radius 2 is 2.05 bits per heavy atom. The van der Waals surface area contributed by atoms with Crippen molar-refractivity contribution in [1.82, 2.24) is 4.98 Å². The first-order valence-electron chi connectivity index (χ1n) is 6.48. The number of aryl methyl sites for hydroxylation is 2. The summed E-state index contributed by atoms with van der Waals surface area (Å²) in [6.07, 6.45) is -2.13. The number of aliphatic hydroxyl groups is 1. The number of esters is 1. The molecule has 0 aromatic carbocycles. The van der Waals surface area contributed by atoms with E-state index in [1.54, 1.807) is 0 Å². The second kappa shape index (κ2) is 5.12. The molecule has 0 bridgehead atoms. The molecule has 0 aliphatic heterocycles. The van der Waals surface area contributed by atoms with Crippen LogP contribution < -0.4 is 0 Å². The number of carbonyl (C=O) groups is 1. The second-order valence-corrected chi connectivity index (χ2v) is 4.82. The number of aromatic amines is 1. The van der Waals surface area contributed by atoms with E-state index in [0.717, 1.165) is 18.4 Å². The van der Waals surface area contributed by atoms with Gasteiger partial charge in [-0.25, -0.2) is 4.79 Å². The molecule has 1 atom stereocenters. The van der Waals surface area contributed by atoms with E-state index in [4.69, 9.17) is 0 Å². The topological polar surface area (TPSA) is 62.3 Å². The predicted octanol–water partition coefficient (Wildman–Crippen LogP) is 2.21. The lowest BCUT2D eigenvalue weighted by molar-refractivity contribution is -0.269. The normalized spacial score (nSPS) is 18.2. The maximum atomic E-state index is 13.2. The average molecular weight is 291 g/mol. The number of hydrogen-bond acceptors (Lipinski definition) is 3. The summed E-state index contributed by atoms with van der Waals surface area (Å²) < 4.78 is 43.9. The van der Waals surface area contributed by atoms with Crippen molar-refractivity contribution in [3.05, 3.63) is 23.0 Å². The predicted molar refractivity (Wildman–Crippen MR) is 64.0 cm³/mol. The molecule has 2 rings (SSSR count). The molecular formula is C13H16F3NO3. The van der Waals surface area contributed by atoms with E-state index in [1.165, 1.54) is 13.0 Å². The van der Waals surface area contributed by atoms with Crippen molar-refractivity contribution in [3.63, 3.8) is 0 Å². The van der Waals surface area contributed by atoms with Crippen LogP contribution in [0, 0.1) is 0 Å². The highest BCUT2D eigenvalue weighted by atomic mass is 19.4. The van der Waals surface area contributed by atoms with Crippen molar-refractivity contribution in [2.24, 2.45) is 0 Å². The van der Waals surface area contributed by atoms with Gasteiger partial charge in [-0.1, -0.05) is 0 Å². The van der Waals surface area contributed by atoms with Crippen LogP contribution in [0.4, 0.5) is 13.2 Å². The highest BCUT2D eigenvalue weighted by Gasteiger charge is 2.63. The molecule has 0 saturated heterocycles. The van der Waals surface area contributed by atoms with Gasteiger partial charge in [0, 0.05) is 5.69 Å². The lowest BCUT2D eigenvalue weighted by Crippen LogP contribution is -2.50. The minimum atomic E-state index is -5.15. The Labute approximate surface area is 113 Å². The zero-order valence-electron chi connectivity index (χ0n) is 11.0. The number of nitrogens with one attached hydrogen (secondary N) is 1.